The number of alkyl carbamates (subject to hydrolysis) is 1. The van der Waals surface area contributed by atoms with Crippen molar-refractivity contribution in [1.29, 1.82) is 0 Å². The maximum atomic E-state index is 13.8. The molecule has 0 radical (unpaired) electrons. The lowest BCUT2D eigenvalue weighted by atomic mass is 9.79. The van der Waals surface area contributed by atoms with Gasteiger partial charge in [0.25, 0.3) is 0 Å². The number of aromatic nitrogens is 7. The Morgan fingerprint density at radius 1 is 0.902 bits per heavy atom. The zero-order valence-corrected chi connectivity index (χ0v) is 28.9. The first kappa shape index (κ1) is 32.9. The SMILES string of the molecule is COC(=O)N[C@H]1CCc2ccn3c2C1C(=O)C[C@H](c1ncc(-c2ccc(-c4cnc5cc(-c6cnc([C@@H]7CCCN7)[nH]6)ccc5n4)cc2)[nH]1)C3.Cl. The van der Waals surface area contributed by atoms with E-state index in [2.05, 4.69) is 48.5 Å². The Kier molecular flexibility index (Phi) is 8.64. The number of methoxy groups -OCH3 is 1. The van der Waals surface area contributed by atoms with Gasteiger partial charge in [-0.05, 0) is 61.6 Å². The molecule has 6 heterocycles. The first-order chi connectivity index (χ1) is 24.5. The number of hydrogen-bond donors (Lipinski definition) is 4. The van der Waals surface area contributed by atoms with E-state index in [1.807, 2.05) is 55.0 Å². The number of Topliss-reactive ketones (excluding diaryl/α,β-unsaturated/α-hetero) is 1. The molecular formula is C38H38ClN9O3. The molecule has 6 aromatic rings. The molecule has 4 atom stereocenters. The highest BCUT2D eigenvalue weighted by Crippen LogP contribution is 2.40. The Morgan fingerprint density at radius 3 is 2.47 bits per heavy atom. The van der Waals surface area contributed by atoms with Crippen molar-refractivity contribution in [1.82, 2.24) is 45.1 Å². The van der Waals surface area contributed by atoms with Gasteiger partial charge in [-0.2, -0.15) is 0 Å². The van der Waals surface area contributed by atoms with Gasteiger partial charge in [0.15, 0.2) is 0 Å². The number of aromatic amines is 2. The number of carbonyl (C=O) groups is 2. The van der Waals surface area contributed by atoms with Crippen molar-refractivity contribution in [2.45, 2.75) is 62.6 Å². The third kappa shape index (κ3) is 6.08. The van der Waals surface area contributed by atoms with Crippen molar-refractivity contribution in [2.75, 3.05) is 13.7 Å². The van der Waals surface area contributed by atoms with Gasteiger partial charge >= 0.3 is 6.09 Å². The molecule has 9 rings (SSSR count). The monoisotopic (exact) mass is 703 g/mol. The Hall–Kier alpha value is -5.33. The highest BCUT2D eigenvalue weighted by Gasteiger charge is 2.41. The van der Waals surface area contributed by atoms with Crippen LogP contribution in [0, 0.1) is 0 Å². The van der Waals surface area contributed by atoms with Gasteiger partial charge in [0, 0.05) is 47.9 Å². The average Bonchev–Trinajstić information content (AvgIpc) is 3.98. The summed E-state index contributed by atoms with van der Waals surface area (Å²) in [5.41, 5.74) is 9.47. The summed E-state index contributed by atoms with van der Waals surface area (Å²) < 4.78 is 7.02. The molecule has 0 bridgehead atoms. The molecule has 0 saturated carbocycles. The molecule has 260 valence electrons. The van der Waals surface area contributed by atoms with Crippen LogP contribution in [0.15, 0.2) is 73.3 Å². The average molecular weight is 704 g/mol. The predicted octanol–water partition coefficient (Wildman–Crippen LogP) is 6.24. The van der Waals surface area contributed by atoms with Crippen LogP contribution in [0.25, 0.3) is 44.8 Å². The number of benzene rings is 2. The van der Waals surface area contributed by atoms with Gasteiger partial charge in [0.2, 0.25) is 0 Å². The fourth-order valence-corrected chi connectivity index (χ4v) is 7.95. The van der Waals surface area contributed by atoms with Crippen LogP contribution < -0.4 is 10.6 Å². The number of hydrogen-bond acceptors (Lipinski definition) is 8. The van der Waals surface area contributed by atoms with Crippen molar-refractivity contribution in [3.05, 3.63) is 96.2 Å². The van der Waals surface area contributed by atoms with Crippen LogP contribution in [0.3, 0.4) is 0 Å². The summed E-state index contributed by atoms with van der Waals surface area (Å²) in [5.74, 6) is 1.35. The Labute approximate surface area is 300 Å². The molecule has 1 amide bonds. The molecule has 2 aromatic carbocycles. The maximum absolute atomic E-state index is 13.8. The fraction of sp³-hybridized carbons (Fsp3) is 0.316. The number of fused-ring (bicyclic) bond motifs is 1. The number of nitrogens with zero attached hydrogens (tertiary/aromatic N) is 5. The highest BCUT2D eigenvalue weighted by atomic mass is 35.5. The van der Waals surface area contributed by atoms with Gasteiger partial charge < -0.3 is 29.9 Å². The minimum absolute atomic E-state index is 0. The standard InChI is InChI=1S/C38H37N9O3.ClH/c1-50-38(49)46-27-11-8-23-12-14-47-20-25(16-33(48)34(27)35(23)47)36-41-18-31(44-36)22-6-4-21(5-7-22)30-17-40-29-15-24(9-10-26(29)43-30)32-19-42-37(45-32)28-3-2-13-39-28;/h4-7,9-10,12,14-15,17-19,25,27-28,34,39H,2-3,8,11,13,16,20H2,1H3,(H,41,44)(H,42,45)(H,46,49);1H/t25-,27-,28-,34?;/m0./s1. The number of halogens is 1. The fourth-order valence-electron chi connectivity index (χ4n) is 7.95. The number of rotatable bonds is 6. The topological polar surface area (TPSA) is 155 Å². The van der Waals surface area contributed by atoms with E-state index in [9.17, 15) is 9.59 Å². The van der Waals surface area contributed by atoms with E-state index < -0.39 is 12.0 Å². The number of ketones is 1. The molecule has 51 heavy (non-hydrogen) atoms. The van der Waals surface area contributed by atoms with Gasteiger partial charge in [-0.15, -0.1) is 12.4 Å². The zero-order chi connectivity index (χ0) is 33.8. The van der Waals surface area contributed by atoms with Crippen LogP contribution in [-0.2, 0) is 22.5 Å². The lowest BCUT2D eigenvalue weighted by Crippen LogP contribution is -2.44. The van der Waals surface area contributed by atoms with E-state index in [-0.39, 0.29) is 30.2 Å². The second-order valence-corrected chi connectivity index (χ2v) is 13.6. The lowest BCUT2D eigenvalue weighted by molar-refractivity contribution is -0.121. The smallest absolute Gasteiger partial charge is 0.407 e. The van der Waals surface area contributed by atoms with Crippen LogP contribution in [0.4, 0.5) is 4.79 Å². The van der Waals surface area contributed by atoms with Gasteiger partial charge in [0.05, 0.1) is 65.8 Å². The van der Waals surface area contributed by atoms with Crippen molar-refractivity contribution >= 4 is 35.3 Å². The summed E-state index contributed by atoms with van der Waals surface area (Å²) in [6, 6.07) is 16.4. The second-order valence-electron chi connectivity index (χ2n) is 13.6. The summed E-state index contributed by atoms with van der Waals surface area (Å²) in [6.07, 6.45) is 11.2. The van der Waals surface area contributed by atoms with Gasteiger partial charge in [-0.1, -0.05) is 30.3 Å². The molecule has 0 spiro atoms. The van der Waals surface area contributed by atoms with Crippen molar-refractivity contribution in [3.8, 4) is 33.8 Å². The molecule has 1 unspecified atom stereocenters. The lowest BCUT2D eigenvalue weighted by Gasteiger charge is -2.31. The van der Waals surface area contributed by atoms with Crippen LogP contribution in [-0.4, -0.2) is 66.0 Å². The van der Waals surface area contributed by atoms with Crippen molar-refractivity contribution in [3.63, 3.8) is 0 Å². The third-order valence-electron chi connectivity index (χ3n) is 10.5. The molecule has 1 fully saturated rings. The molecule has 1 aliphatic carbocycles. The molecule has 3 aliphatic rings. The first-order valence-corrected chi connectivity index (χ1v) is 17.3. The van der Waals surface area contributed by atoms with Crippen LogP contribution in [0.5, 0.6) is 0 Å². The predicted molar refractivity (Wildman–Crippen MR) is 195 cm³/mol. The van der Waals surface area contributed by atoms with E-state index in [0.29, 0.717) is 25.4 Å². The largest absolute Gasteiger partial charge is 0.453 e. The van der Waals surface area contributed by atoms with Crippen molar-refractivity contribution < 1.29 is 14.3 Å². The molecule has 12 nitrogen and oxygen atoms in total. The molecular weight excluding hydrogens is 666 g/mol. The van der Waals surface area contributed by atoms with Gasteiger partial charge in [-0.25, -0.2) is 19.7 Å². The van der Waals surface area contributed by atoms with Crippen molar-refractivity contribution in [2.24, 2.45) is 0 Å². The number of amides is 1. The summed E-state index contributed by atoms with van der Waals surface area (Å²) >= 11 is 0. The molecule has 1 saturated heterocycles. The van der Waals surface area contributed by atoms with E-state index in [1.54, 1.807) is 0 Å². The Balaban J connectivity index is 0.00000374. The summed E-state index contributed by atoms with van der Waals surface area (Å²) in [4.78, 5) is 51.8. The summed E-state index contributed by atoms with van der Waals surface area (Å²) in [5, 5.41) is 6.40. The maximum Gasteiger partial charge on any atom is 0.407 e. The molecule has 4 aromatic heterocycles. The first-order valence-electron chi connectivity index (χ1n) is 17.3. The summed E-state index contributed by atoms with van der Waals surface area (Å²) in [6.45, 7) is 1.67. The van der Waals surface area contributed by atoms with Gasteiger partial charge in [0.1, 0.15) is 17.4 Å². The number of nitrogens with one attached hydrogen (secondary N) is 4. The normalized spacial score (nSPS) is 21.2. The molecule has 4 N–H and O–H groups in total. The quantitative estimate of drug-likeness (QED) is 0.159. The number of carbonyl (C=O) groups excluding carboxylic acids is 2. The second kappa shape index (κ2) is 13.4. The number of ether oxygens (including phenoxy) is 1. The van der Waals surface area contributed by atoms with Gasteiger partial charge in [-0.3, -0.25) is 9.78 Å². The summed E-state index contributed by atoms with van der Waals surface area (Å²) in [7, 11) is 1.35. The molecule has 13 heteroatoms. The number of aryl methyl sites for hydroxylation is 1. The van der Waals surface area contributed by atoms with E-state index in [1.165, 1.54) is 19.1 Å². The number of H-pyrrole nitrogens is 2. The minimum atomic E-state index is -0.509. The highest BCUT2D eigenvalue weighted by molar-refractivity contribution is 5.89. The number of imidazole rings is 2. The third-order valence-corrected chi connectivity index (χ3v) is 10.5. The van der Waals surface area contributed by atoms with E-state index in [4.69, 9.17) is 19.7 Å². The van der Waals surface area contributed by atoms with E-state index in [0.717, 1.165) is 81.5 Å². The Morgan fingerprint density at radius 2 is 1.67 bits per heavy atom. The molecule has 2 aliphatic heterocycles. The van der Waals surface area contributed by atoms with Crippen LogP contribution >= 0.6 is 12.4 Å². The zero-order valence-electron chi connectivity index (χ0n) is 28.1. The minimum Gasteiger partial charge on any atom is -0.453 e. The Bertz CT molecular complexity index is 2230. The van der Waals surface area contributed by atoms with Crippen LogP contribution in [0.1, 0.15) is 66.5 Å². The van der Waals surface area contributed by atoms with E-state index >= 15 is 0 Å². The van der Waals surface area contributed by atoms with Crippen LogP contribution in [0.2, 0.25) is 0 Å².